The molecule has 3 heteroatoms. The second-order valence-electron chi connectivity index (χ2n) is 12.7. The van der Waals surface area contributed by atoms with Crippen molar-refractivity contribution in [3.63, 3.8) is 0 Å². The van der Waals surface area contributed by atoms with Crippen LogP contribution in [0.4, 0.5) is 0 Å². The molecule has 0 aliphatic heterocycles. The Balaban J connectivity index is 1.62. The van der Waals surface area contributed by atoms with Crippen molar-refractivity contribution in [3.8, 4) is 0 Å². The highest BCUT2D eigenvalue weighted by Gasteiger charge is 2.61. The Bertz CT molecular complexity index is 701. The van der Waals surface area contributed by atoms with Crippen LogP contribution in [0.5, 0.6) is 0 Å². The van der Waals surface area contributed by atoms with Gasteiger partial charge in [-0.05, 0) is 91.2 Å². The second-order valence-corrected chi connectivity index (χ2v) is 18.2. The lowest BCUT2D eigenvalue weighted by Crippen LogP contribution is -2.55. The van der Waals surface area contributed by atoms with Crippen LogP contribution in [0, 0.1) is 28.6 Å². The summed E-state index contributed by atoms with van der Waals surface area (Å²) in [5, 5.41) is 0. The van der Waals surface area contributed by atoms with E-state index in [1.54, 1.807) is 5.57 Å². The molecule has 0 radical (unpaired) electrons. The molecule has 0 amide bonds. The smallest absolute Gasteiger partial charge is 0.200 e. The van der Waals surface area contributed by atoms with Crippen LogP contribution in [0.15, 0.2) is 11.6 Å². The molecule has 176 valence electrons. The zero-order chi connectivity index (χ0) is 22.6. The minimum absolute atomic E-state index is 0.176. The lowest BCUT2D eigenvalue weighted by molar-refractivity contribution is -0.138. The van der Waals surface area contributed by atoms with Crippen LogP contribution in [-0.4, -0.2) is 20.7 Å². The highest BCUT2D eigenvalue weighted by Crippen LogP contribution is 2.65. The summed E-state index contributed by atoms with van der Waals surface area (Å²) in [5.41, 5.74) is 3.74. The van der Waals surface area contributed by atoms with Gasteiger partial charge in [-0.1, -0.05) is 60.1 Å². The number of allylic oxidation sites excluding steroid dienone is 2. The fourth-order valence-electron chi connectivity index (χ4n) is 9.35. The van der Waals surface area contributed by atoms with Crippen molar-refractivity contribution in [2.24, 2.45) is 28.6 Å². The molecule has 2 nitrogen and oxygen atoms in total. The van der Waals surface area contributed by atoms with Crippen molar-refractivity contribution in [2.75, 3.05) is 6.61 Å². The van der Waals surface area contributed by atoms with E-state index in [0.717, 1.165) is 37.7 Å². The zero-order valence-electron chi connectivity index (χ0n) is 21.4. The van der Waals surface area contributed by atoms with Crippen LogP contribution in [0.3, 0.4) is 0 Å². The molecule has 0 aromatic rings. The van der Waals surface area contributed by atoms with E-state index in [0.29, 0.717) is 33.7 Å². The molecular weight excluding hydrogens is 396 g/mol. The van der Waals surface area contributed by atoms with Crippen molar-refractivity contribution in [2.45, 2.75) is 123 Å². The highest BCUT2D eigenvalue weighted by molar-refractivity contribution is 6.77. The molecule has 4 aliphatic carbocycles. The number of ketones is 1. The third kappa shape index (κ3) is 3.47. The Labute approximate surface area is 193 Å². The Morgan fingerprint density at radius 2 is 1.65 bits per heavy atom. The van der Waals surface area contributed by atoms with Crippen LogP contribution >= 0.6 is 0 Å². The molecule has 0 N–H and O–H groups in total. The van der Waals surface area contributed by atoms with E-state index < -0.39 is 8.32 Å². The van der Waals surface area contributed by atoms with E-state index in [-0.39, 0.29) is 5.41 Å². The largest absolute Gasteiger partial charge is 0.415 e. The van der Waals surface area contributed by atoms with Gasteiger partial charge in [-0.3, -0.25) is 4.79 Å². The van der Waals surface area contributed by atoms with Gasteiger partial charge in [0.2, 0.25) is 0 Å². The molecule has 4 aliphatic rings. The van der Waals surface area contributed by atoms with Crippen LogP contribution in [0.2, 0.25) is 16.6 Å². The summed E-state index contributed by atoms with van der Waals surface area (Å²) < 4.78 is 7.15. The van der Waals surface area contributed by atoms with E-state index in [4.69, 9.17) is 4.43 Å². The second kappa shape index (κ2) is 8.42. The van der Waals surface area contributed by atoms with Gasteiger partial charge < -0.3 is 4.43 Å². The fourth-order valence-corrected chi connectivity index (χ4v) is 14.9. The molecule has 3 fully saturated rings. The Morgan fingerprint density at radius 3 is 2.29 bits per heavy atom. The summed E-state index contributed by atoms with van der Waals surface area (Å²) in [6.07, 6.45) is 13.4. The van der Waals surface area contributed by atoms with Crippen LogP contribution in [0.1, 0.15) is 106 Å². The standard InChI is InChI=1S/C28H48O2Si/c1-19(2)31(20(3)4,21(5)6)30-18-28-17-15-24-23(25(28)13-14-26(28)29)12-11-22-10-8-9-16-27(22,24)7/h10,19-21,23-25H,8-9,11-18H2,1-7H3/t23-,24+,25+,27+,28-/m1/s1. The van der Waals surface area contributed by atoms with Gasteiger partial charge in [0.25, 0.3) is 0 Å². The summed E-state index contributed by atoms with van der Waals surface area (Å²) in [7, 11) is -1.95. The number of fused-ring (bicyclic) bond motifs is 5. The summed E-state index contributed by atoms with van der Waals surface area (Å²) in [6.45, 7) is 17.5. The quantitative estimate of drug-likeness (QED) is 0.306. The first-order valence-corrected chi connectivity index (χ1v) is 15.6. The van der Waals surface area contributed by atoms with Crippen LogP contribution < -0.4 is 0 Å². The normalized spacial score (nSPS) is 38.3. The lowest BCUT2D eigenvalue weighted by atomic mass is 9.47. The fraction of sp³-hybridized carbons (Fsp3) is 0.893. The maximum Gasteiger partial charge on any atom is 0.200 e. The molecule has 0 aromatic carbocycles. The molecule has 0 bridgehead atoms. The summed E-state index contributed by atoms with van der Waals surface area (Å²) >= 11 is 0. The molecule has 0 saturated heterocycles. The van der Waals surface area contributed by atoms with Crippen molar-refractivity contribution < 1.29 is 9.22 Å². The maximum atomic E-state index is 13.5. The number of carbonyl (C=O) groups excluding carboxylic acids is 1. The van der Waals surface area contributed by atoms with Crippen molar-refractivity contribution in [1.82, 2.24) is 0 Å². The van der Waals surface area contributed by atoms with E-state index in [9.17, 15) is 4.79 Å². The van der Waals surface area contributed by atoms with Gasteiger partial charge in [0.1, 0.15) is 5.78 Å². The third-order valence-corrected chi connectivity index (χ3v) is 16.8. The Morgan fingerprint density at radius 1 is 0.968 bits per heavy atom. The molecule has 0 spiro atoms. The predicted molar refractivity (Wildman–Crippen MR) is 133 cm³/mol. The molecule has 31 heavy (non-hydrogen) atoms. The molecule has 0 heterocycles. The maximum absolute atomic E-state index is 13.5. The minimum Gasteiger partial charge on any atom is -0.415 e. The molecule has 0 unspecified atom stereocenters. The monoisotopic (exact) mass is 444 g/mol. The number of rotatable bonds is 6. The van der Waals surface area contributed by atoms with Gasteiger partial charge in [-0.2, -0.15) is 0 Å². The summed E-state index contributed by atoms with van der Waals surface area (Å²) in [4.78, 5) is 13.5. The van der Waals surface area contributed by atoms with Gasteiger partial charge in [-0.15, -0.1) is 0 Å². The molecular formula is C28H48O2Si. The van der Waals surface area contributed by atoms with Gasteiger partial charge in [-0.25, -0.2) is 0 Å². The first-order chi connectivity index (χ1) is 14.6. The number of Topliss-reactive ketones (excluding diaryl/α,β-unsaturated/α-hetero) is 1. The van der Waals surface area contributed by atoms with Crippen molar-refractivity contribution in [1.29, 1.82) is 0 Å². The van der Waals surface area contributed by atoms with Gasteiger partial charge >= 0.3 is 0 Å². The van der Waals surface area contributed by atoms with E-state index >= 15 is 0 Å². The number of carbonyl (C=O) groups is 1. The van der Waals surface area contributed by atoms with E-state index in [1.165, 1.54) is 38.5 Å². The van der Waals surface area contributed by atoms with Crippen LogP contribution in [-0.2, 0) is 9.22 Å². The van der Waals surface area contributed by atoms with E-state index in [2.05, 4.69) is 54.5 Å². The highest BCUT2D eigenvalue weighted by atomic mass is 28.4. The van der Waals surface area contributed by atoms with Gasteiger partial charge in [0.05, 0.1) is 5.41 Å². The van der Waals surface area contributed by atoms with Gasteiger partial charge in [0.15, 0.2) is 8.32 Å². The Kier molecular flexibility index (Phi) is 6.45. The van der Waals surface area contributed by atoms with Crippen molar-refractivity contribution >= 4 is 14.1 Å². The molecule has 0 aromatic heterocycles. The van der Waals surface area contributed by atoms with Crippen LogP contribution in [0.25, 0.3) is 0 Å². The molecule has 5 atom stereocenters. The predicted octanol–water partition coefficient (Wildman–Crippen LogP) is 8.08. The SMILES string of the molecule is CC(C)[Si](OC[C@]12CC[C@H]3[C@@H](CCC4=CCCC[C@@]43C)[C@@H]1CCC2=O)(C(C)C)C(C)C. The van der Waals surface area contributed by atoms with E-state index in [1.807, 2.05) is 0 Å². The average Bonchev–Trinajstić information content (AvgIpc) is 3.04. The summed E-state index contributed by atoms with van der Waals surface area (Å²) in [6, 6.07) is 0. The van der Waals surface area contributed by atoms with Crippen molar-refractivity contribution in [3.05, 3.63) is 11.6 Å². The number of hydrogen-bond donors (Lipinski definition) is 0. The first kappa shape index (κ1) is 23.7. The first-order valence-electron chi connectivity index (χ1n) is 13.5. The zero-order valence-corrected chi connectivity index (χ0v) is 22.4. The minimum atomic E-state index is -1.95. The average molecular weight is 445 g/mol. The summed E-state index contributed by atoms with van der Waals surface area (Å²) in [5.74, 6) is 2.64. The Hall–Kier alpha value is -0.413. The topological polar surface area (TPSA) is 26.3 Å². The third-order valence-electron chi connectivity index (χ3n) is 10.8. The molecule has 4 rings (SSSR count). The number of hydrogen-bond acceptors (Lipinski definition) is 2. The molecule has 3 saturated carbocycles. The lowest BCUT2D eigenvalue weighted by Gasteiger charge is -2.58. The van der Waals surface area contributed by atoms with Gasteiger partial charge in [0, 0.05) is 13.0 Å².